The van der Waals surface area contributed by atoms with E-state index in [1.54, 1.807) is 23.1 Å². The second kappa shape index (κ2) is 13.8. The molecule has 0 heterocycles. The number of fused-ring (bicyclic) bond motifs is 1. The number of nitrogens with one attached hydrogen (secondary N) is 1. The lowest BCUT2D eigenvalue weighted by molar-refractivity contribution is -0.142. The van der Waals surface area contributed by atoms with Crippen molar-refractivity contribution >= 4 is 61.7 Å². The van der Waals surface area contributed by atoms with Crippen LogP contribution in [0.4, 0.5) is 0 Å². The Bertz CT molecular complexity index is 1450. The number of ether oxygens (including phenoxy) is 1. The van der Waals surface area contributed by atoms with Gasteiger partial charge in [-0.15, -0.1) is 0 Å². The second-order valence-electron chi connectivity index (χ2n) is 9.14. The van der Waals surface area contributed by atoms with E-state index in [9.17, 15) is 9.59 Å². The van der Waals surface area contributed by atoms with E-state index in [0.29, 0.717) is 34.3 Å². The molecule has 4 rings (SSSR count). The molecule has 8 heteroatoms. The summed E-state index contributed by atoms with van der Waals surface area (Å²) in [4.78, 5) is 28.8. The summed E-state index contributed by atoms with van der Waals surface area (Å²) in [5.41, 5.74) is 1.62. The molecule has 4 aromatic carbocycles. The van der Waals surface area contributed by atoms with E-state index in [1.807, 2.05) is 73.7 Å². The van der Waals surface area contributed by atoms with Crippen LogP contribution >= 0.6 is 39.1 Å². The van der Waals surface area contributed by atoms with Crippen LogP contribution < -0.4 is 10.1 Å². The zero-order valence-electron chi connectivity index (χ0n) is 21.5. The van der Waals surface area contributed by atoms with Gasteiger partial charge in [-0.2, -0.15) is 0 Å². The Labute approximate surface area is 247 Å². The third-order valence-corrected chi connectivity index (χ3v) is 7.76. The van der Waals surface area contributed by atoms with Gasteiger partial charge in [0, 0.05) is 29.6 Å². The van der Waals surface area contributed by atoms with Crippen molar-refractivity contribution in [1.82, 2.24) is 10.2 Å². The minimum atomic E-state index is -0.776. The summed E-state index contributed by atoms with van der Waals surface area (Å²) in [5.74, 6) is -0.0266. The fraction of sp³-hybridized carbons (Fsp3) is 0.226. The van der Waals surface area contributed by atoms with Crippen molar-refractivity contribution in [1.29, 1.82) is 0 Å². The molecule has 0 aliphatic carbocycles. The summed E-state index contributed by atoms with van der Waals surface area (Å²) in [6.07, 6.45) is 1.12. The number of benzene rings is 4. The molecular weight excluding hydrogens is 599 g/mol. The fourth-order valence-corrected chi connectivity index (χ4v) is 5.38. The smallest absolute Gasteiger partial charge is 0.261 e. The molecule has 0 saturated carbocycles. The van der Waals surface area contributed by atoms with Crippen LogP contribution in [0.15, 0.2) is 89.4 Å². The highest BCUT2D eigenvalue weighted by molar-refractivity contribution is 9.10. The van der Waals surface area contributed by atoms with Gasteiger partial charge in [0.2, 0.25) is 5.91 Å². The molecule has 39 heavy (non-hydrogen) atoms. The van der Waals surface area contributed by atoms with Gasteiger partial charge < -0.3 is 15.0 Å². The third-order valence-electron chi connectivity index (χ3n) is 6.36. The lowest BCUT2D eigenvalue weighted by atomic mass is 10.0. The second-order valence-corrected chi connectivity index (χ2v) is 10.8. The monoisotopic (exact) mass is 626 g/mol. The number of halogens is 3. The average molecular weight is 628 g/mol. The Kier molecular flexibility index (Phi) is 10.3. The van der Waals surface area contributed by atoms with Gasteiger partial charge in [0.25, 0.3) is 5.91 Å². The maximum atomic E-state index is 13.8. The van der Waals surface area contributed by atoms with E-state index in [1.165, 1.54) is 0 Å². The molecule has 0 radical (unpaired) electrons. The molecule has 202 valence electrons. The first-order valence-corrected chi connectivity index (χ1v) is 14.3. The zero-order valence-corrected chi connectivity index (χ0v) is 24.6. The van der Waals surface area contributed by atoms with Crippen LogP contribution in [0.5, 0.6) is 5.75 Å². The van der Waals surface area contributed by atoms with E-state index in [0.717, 1.165) is 27.2 Å². The highest BCUT2D eigenvalue weighted by Gasteiger charge is 2.31. The van der Waals surface area contributed by atoms with Crippen LogP contribution in [-0.4, -0.2) is 35.9 Å². The number of hydrogen-bond donors (Lipinski definition) is 1. The quantitative estimate of drug-likeness (QED) is 0.188. The summed E-state index contributed by atoms with van der Waals surface area (Å²) in [6, 6.07) is 25.7. The molecule has 4 aromatic rings. The van der Waals surface area contributed by atoms with Gasteiger partial charge in [-0.05, 0) is 62.4 Å². The SMILES string of the molecule is CCCNC(=O)[C@H](Cc1ccccc1)N(Cc1ccc(Cl)cc1Cl)C(=O)COc1ccc2ccccc2c1Br. The Morgan fingerprint density at radius 3 is 2.46 bits per heavy atom. The third kappa shape index (κ3) is 7.53. The molecule has 0 aliphatic heterocycles. The molecule has 0 saturated heterocycles. The summed E-state index contributed by atoms with van der Waals surface area (Å²) < 4.78 is 6.78. The number of carbonyl (C=O) groups excluding carboxylic acids is 2. The van der Waals surface area contributed by atoms with E-state index >= 15 is 0 Å². The lowest BCUT2D eigenvalue weighted by Crippen LogP contribution is -2.51. The van der Waals surface area contributed by atoms with Gasteiger partial charge in [0.1, 0.15) is 11.8 Å². The average Bonchev–Trinajstić information content (AvgIpc) is 2.94. The van der Waals surface area contributed by atoms with Gasteiger partial charge in [-0.25, -0.2) is 0 Å². The van der Waals surface area contributed by atoms with Crippen LogP contribution in [0.2, 0.25) is 10.0 Å². The van der Waals surface area contributed by atoms with E-state index < -0.39 is 6.04 Å². The van der Waals surface area contributed by atoms with Crippen molar-refractivity contribution in [3.05, 3.63) is 111 Å². The van der Waals surface area contributed by atoms with Crippen LogP contribution in [0, 0.1) is 0 Å². The molecule has 0 unspecified atom stereocenters. The molecule has 5 nitrogen and oxygen atoms in total. The Balaban J connectivity index is 1.65. The molecule has 2 amide bonds. The Hall–Kier alpha value is -3.06. The van der Waals surface area contributed by atoms with Gasteiger partial charge in [0.15, 0.2) is 6.61 Å². The number of rotatable bonds is 11. The minimum Gasteiger partial charge on any atom is -0.483 e. The molecule has 1 N–H and O–H groups in total. The molecule has 0 bridgehead atoms. The van der Waals surface area contributed by atoms with Crippen LogP contribution in [0.25, 0.3) is 10.8 Å². The molecule has 0 aromatic heterocycles. The van der Waals surface area contributed by atoms with Crippen molar-refractivity contribution in [3.63, 3.8) is 0 Å². The minimum absolute atomic E-state index is 0.119. The molecule has 1 atom stereocenters. The number of amides is 2. The summed E-state index contributed by atoms with van der Waals surface area (Å²) >= 11 is 16.2. The van der Waals surface area contributed by atoms with Gasteiger partial charge in [0.05, 0.1) is 4.47 Å². The highest BCUT2D eigenvalue weighted by Crippen LogP contribution is 2.33. The standard InChI is InChI=1S/C31H29BrCl2N2O3/c1-2-16-35-31(38)27(17-21-8-4-3-5-9-21)36(19-23-12-14-24(33)18-26(23)34)29(37)20-39-28-15-13-22-10-6-7-11-25(22)30(28)32/h3-15,18,27H,2,16-17,19-20H2,1H3,(H,35,38)/t27-/m0/s1. The van der Waals surface area contributed by atoms with Gasteiger partial charge in [-0.3, -0.25) is 9.59 Å². The van der Waals surface area contributed by atoms with Gasteiger partial charge >= 0.3 is 0 Å². The lowest BCUT2D eigenvalue weighted by Gasteiger charge is -2.31. The summed E-state index contributed by atoms with van der Waals surface area (Å²) in [6.45, 7) is 2.36. The van der Waals surface area contributed by atoms with E-state index in [2.05, 4.69) is 21.2 Å². The number of carbonyl (C=O) groups is 2. The zero-order chi connectivity index (χ0) is 27.8. The number of nitrogens with zero attached hydrogens (tertiary/aromatic N) is 1. The molecular formula is C31H29BrCl2N2O3. The molecule has 0 spiro atoms. The highest BCUT2D eigenvalue weighted by atomic mass is 79.9. The predicted octanol–water partition coefficient (Wildman–Crippen LogP) is 7.45. The largest absolute Gasteiger partial charge is 0.483 e. The first-order chi connectivity index (χ1) is 18.9. The first-order valence-electron chi connectivity index (χ1n) is 12.7. The molecule has 0 aliphatic rings. The van der Waals surface area contributed by atoms with Crippen molar-refractivity contribution < 1.29 is 14.3 Å². The van der Waals surface area contributed by atoms with E-state index in [-0.39, 0.29) is 25.0 Å². The van der Waals surface area contributed by atoms with Crippen LogP contribution in [0.1, 0.15) is 24.5 Å². The van der Waals surface area contributed by atoms with Gasteiger partial charge in [-0.1, -0.05) is 96.9 Å². The number of hydrogen-bond acceptors (Lipinski definition) is 3. The Morgan fingerprint density at radius 1 is 0.974 bits per heavy atom. The predicted molar refractivity (Wildman–Crippen MR) is 161 cm³/mol. The van der Waals surface area contributed by atoms with Crippen molar-refractivity contribution in [2.24, 2.45) is 0 Å². The van der Waals surface area contributed by atoms with Crippen molar-refractivity contribution in [2.75, 3.05) is 13.2 Å². The summed E-state index contributed by atoms with van der Waals surface area (Å²) in [7, 11) is 0. The maximum Gasteiger partial charge on any atom is 0.261 e. The Morgan fingerprint density at radius 2 is 1.72 bits per heavy atom. The topological polar surface area (TPSA) is 58.6 Å². The molecule has 0 fully saturated rings. The van der Waals surface area contributed by atoms with E-state index in [4.69, 9.17) is 27.9 Å². The fourth-order valence-electron chi connectivity index (χ4n) is 4.30. The van der Waals surface area contributed by atoms with Crippen molar-refractivity contribution in [3.8, 4) is 5.75 Å². The normalized spacial score (nSPS) is 11.7. The van der Waals surface area contributed by atoms with Crippen LogP contribution in [-0.2, 0) is 22.6 Å². The maximum absolute atomic E-state index is 13.8. The van der Waals surface area contributed by atoms with Crippen LogP contribution in [0.3, 0.4) is 0 Å². The first kappa shape index (κ1) is 28.9. The summed E-state index contributed by atoms with van der Waals surface area (Å²) in [5, 5.41) is 5.91. The van der Waals surface area contributed by atoms with Crippen molar-refractivity contribution in [2.45, 2.75) is 32.4 Å².